The molecule has 0 aromatic carbocycles. The van der Waals surface area contributed by atoms with Crippen molar-refractivity contribution in [3.05, 3.63) is 0 Å². The van der Waals surface area contributed by atoms with Gasteiger partial charge in [0, 0.05) is 0 Å². The first-order valence-electron chi connectivity index (χ1n) is 4.93. The third-order valence-corrected chi connectivity index (χ3v) is 2.63. The Kier molecular flexibility index (Phi) is 2.74. The van der Waals surface area contributed by atoms with Gasteiger partial charge in [-0.25, -0.2) is 0 Å². The zero-order valence-electron chi connectivity index (χ0n) is 8.66. The van der Waals surface area contributed by atoms with E-state index < -0.39 is 43.1 Å². The standard InChI is InChI=1S/C9H16O6/c1-9(2)14-6-5(4(11)3-10)13-8(12)7(6)15-9/h4-8,10-12H,3H2,1-2H3/t4-,5-,6-,7-,8-/m0/s1. The fraction of sp³-hybridized carbons (Fsp3) is 1.00. The molecule has 5 atom stereocenters. The quantitative estimate of drug-likeness (QED) is 0.529. The predicted molar refractivity (Wildman–Crippen MR) is 47.8 cm³/mol. The van der Waals surface area contributed by atoms with Crippen molar-refractivity contribution >= 4 is 0 Å². The van der Waals surface area contributed by atoms with Crippen LogP contribution in [0.1, 0.15) is 13.8 Å². The van der Waals surface area contributed by atoms with Crippen molar-refractivity contribution < 1.29 is 29.5 Å². The molecule has 0 bridgehead atoms. The third-order valence-electron chi connectivity index (χ3n) is 2.63. The number of aliphatic hydroxyl groups excluding tert-OH is 3. The Morgan fingerprint density at radius 3 is 2.47 bits per heavy atom. The second-order valence-corrected chi connectivity index (χ2v) is 4.31. The fourth-order valence-electron chi connectivity index (χ4n) is 2.02. The minimum absolute atomic E-state index is 0.440. The molecule has 0 aromatic rings. The minimum Gasteiger partial charge on any atom is -0.394 e. The van der Waals surface area contributed by atoms with Gasteiger partial charge < -0.3 is 29.5 Å². The summed E-state index contributed by atoms with van der Waals surface area (Å²) in [5.74, 6) is -0.798. The van der Waals surface area contributed by atoms with Crippen LogP contribution in [0.25, 0.3) is 0 Å². The number of aliphatic hydroxyl groups is 3. The van der Waals surface area contributed by atoms with Crippen LogP contribution >= 0.6 is 0 Å². The average molecular weight is 220 g/mol. The van der Waals surface area contributed by atoms with Gasteiger partial charge in [-0.2, -0.15) is 0 Å². The highest BCUT2D eigenvalue weighted by molar-refractivity contribution is 4.97. The summed E-state index contributed by atoms with van der Waals surface area (Å²) in [6, 6.07) is 0. The fourth-order valence-corrected chi connectivity index (χ4v) is 2.02. The first-order chi connectivity index (χ1) is 6.94. The van der Waals surface area contributed by atoms with E-state index in [2.05, 4.69) is 0 Å². The van der Waals surface area contributed by atoms with Crippen LogP contribution < -0.4 is 0 Å². The topological polar surface area (TPSA) is 88.4 Å². The van der Waals surface area contributed by atoms with Crippen LogP contribution in [-0.4, -0.2) is 58.4 Å². The lowest BCUT2D eigenvalue weighted by Crippen LogP contribution is -2.40. The largest absolute Gasteiger partial charge is 0.394 e. The lowest BCUT2D eigenvalue weighted by molar-refractivity contribution is -0.231. The Morgan fingerprint density at radius 1 is 1.27 bits per heavy atom. The van der Waals surface area contributed by atoms with Crippen molar-refractivity contribution in [1.82, 2.24) is 0 Å². The molecule has 0 spiro atoms. The van der Waals surface area contributed by atoms with E-state index in [1.807, 2.05) is 0 Å². The molecule has 2 aliphatic heterocycles. The Bertz CT molecular complexity index is 243. The number of hydrogen-bond acceptors (Lipinski definition) is 6. The SMILES string of the molecule is CC1(C)O[C@H]2[C@H]([C@@H](O)CO)O[C@H](O)[C@H]2O1. The normalized spacial score (nSPS) is 45.4. The molecule has 6 nitrogen and oxygen atoms in total. The van der Waals surface area contributed by atoms with Gasteiger partial charge >= 0.3 is 0 Å². The van der Waals surface area contributed by atoms with E-state index in [1.54, 1.807) is 13.8 Å². The van der Waals surface area contributed by atoms with Crippen molar-refractivity contribution in [3.63, 3.8) is 0 Å². The summed E-state index contributed by atoms with van der Waals surface area (Å²) in [4.78, 5) is 0. The molecule has 0 amide bonds. The van der Waals surface area contributed by atoms with Gasteiger partial charge in [0.15, 0.2) is 12.1 Å². The Labute approximate surface area is 87.4 Å². The molecule has 0 unspecified atom stereocenters. The number of fused-ring (bicyclic) bond motifs is 1. The van der Waals surface area contributed by atoms with Crippen LogP contribution in [0.5, 0.6) is 0 Å². The molecule has 0 aliphatic carbocycles. The van der Waals surface area contributed by atoms with E-state index in [4.69, 9.17) is 19.3 Å². The predicted octanol–water partition coefficient (Wildman–Crippen LogP) is -1.42. The molecule has 3 N–H and O–H groups in total. The lowest BCUT2D eigenvalue weighted by Gasteiger charge is -2.24. The smallest absolute Gasteiger partial charge is 0.184 e. The van der Waals surface area contributed by atoms with Gasteiger partial charge in [-0.3, -0.25) is 0 Å². The first kappa shape index (κ1) is 11.3. The molecule has 2 saturated heterocycles. The first-order valence-corrected chi connectivity index (χ1v) is 4.93. The zero-order valence-corrected chi connectivity index (χ0v) is 8.66. The lowest BCUT2D eigenvalue weighted by atomic mass is 10.1. The van der Waals surface area contributed by atoms with E-state index in [0.717, 1.165) is 0 Å². The van der Waals surface area contributed by atoms with Crippen LogP contribution in [-0.2, 0) is 14.2 Å². The van der Waals surface area contributed by atoms with Gasteiger partial charge in [0.05, 0.1) is 6.61 Å². The van der Waals surface area contributed by atoms with Crippen molar-refractivity contribution in [2.75, 3.05) is 6.61 Å². The van der Waals surface area contributed by atoms with Gasteiger partial charge in [-0.1, -0.05) is 0 Å². The highest BCUT2D eigenvalue weighted by atomic mass is 16.8. The molecular weight excluding hydrogens is 204 g/mol. The zero-order chi connectivity index (χ0) is 11.2. The molecule has 0 radical (unpaired) electrons. The van der Waals surface area contributed by atoms with Crippen molar-refractivity contribution in [1.29, 1.82) is 0 Å². The van der Waals surface area contributed by atoms with Crippen molar-refractivity contribution in [3.8, 4) is 0 Å². The van der Waals surface area contributed by atoms with Crippen LogP contribution in [0, 0.1) is 0 Å². The second kappa shape index (κ2) is 3.65. The Balaban J connectivity index is 2.12. The van der Waals surface area contributed by atoms with E-state index in [1.165, 1.54) is 0 Å². The summed E-state index contributed by atoms with van der Waals surface area (Å²) < 4.78 is 16.0. The monoisotopic (exact) mass is 220 g/mol. The van der Waals surface area contributed by atoms with Crippen molar-refractivity contribution in [2.24, 2.45) is 0 Å². The van der Waals surface area contributed by atoms with E-state index in [0.29, 0.717) is 0 Å². The summed E-state index contributed by atoms with van der Waals surface area (Å²) in [5, 5.41) is 27.8. The molecule has 2 fully saturated rings. The summed E-state index contributed by atoms with van der Waals surface area (Å²) in [6.45, 7) is 3.01. The Morgan fingerprint density at radius 2 is 1.87 bits per heavy atom. The molecule has 2 aliphatic rings. The van der Waals surface area contributed by atoms with Gasteiger partial charge in [0.2, 0.25) is 0 Å². The average Bonchev–Trinajstić information content (AvgIpc) is 2.61. The summed E-state index contributed by atoms with van der Waals surface area (Å²) >= 11 is 0. The van der Waals surface area contributed by atoms with Crippen molar-refractivity contribution in [2.45, 2.75) is 50.3 Å². The number of ether oxygens (including phenoxy) is 3. The van der Waals surface area contributed by atoms with Gasteiger partial charge in [-0.05, 0) is 13.8 Å². The molecule has 88 valence electrons. The maximum Gasteiger partial charge on any atom is 0.184 e. The van der Waals surface area contributed by atoms with E-state index >= 15 is 0 Å². The maximum absolute atomic E-state index is 9.53. The summed E-state index contributed by atoms with van der Waals surface area (Å²) in [5.41, 5.74) is 0. The minimum atomic E-state index is -1.12. The van der Waals surface area contributed by atoms with Gasteiger partial charge in [0.1, 0.15) is 24.4 Å². The van der Waals surface area contributed by atoms with E-state index in [-0.39, 0.29) is 0 Å². The molecule has 2 rings (SSSR count). The number of rotatable bonds is 2. The molecule has 15 heavy (non-hydrogen) atoms. The molecule has 2 heterocycles. The van der Waals surface area contributed by atoms with E-state index in [9.17, 15) is 10.2 Å². The Hall–Kier alpha value is -0.240. The maximum atomic E-state index is 9.53. The van der Waals surface area contributed by atoms with Gasteiger partial charge in [0.25, 0.3) is 0 Å². The second-order valence-electron chi connectivity index (χ2n) is 4.31. The van der Waals surface area contributed by atoms with Crippen LogP contribution in [0.4, 0.5) is 0 Å². The van der Waals surface area contributed by atoms with Crippen LogP contribution in [0.2, 0.25) is 0 Å². The molecule has 0 aromatic heterocycles. The van der Waals surface area contributed by atoms with Crippen LogP contribution in [0.15, 0.2) is 0 Å². The highest BCUT2D eigenvalue weighted by Crippen LogP contribution is 2.38. The summed E-state index contributed by atoms with van der Waals surface area (Å²) in [7, 11) is 0. The third kappa shape index (κ3) is 1.89. The number of hydrogen-bond donors (Lipinski definition) is 3. The molecule has 6 heteroatoms. The highest BCUT2D eigenvalue weighted by Gasteiger charge is 2.56. The summed E-state index contributed by atoms with van der Waals surface area (Å²) in [6.07, 6.45) is -4.10. The molecular formula is C9H16O6. The van der Waals surface area contributed by atoms with Crippen LogP contribution in [0.3, 0.4) is 0 Å². The van der Waals surface area contributed by atoms with Gasteiger partial charge in [-0.15, -0.1) is 0 Å². The molecule has 0 saturated carbocycles.